The van der Waals surface area contributed by atoms with Gasteiger partial charge in [0.05, 0.1) is 30.1 Å². The second kappa shape index (κ2) is 16.3. The molecule has 0 spiro atoms. The number of pyridine rings is 1. The van der Waals surface area contributed by atoms with Gasteiger partial charge in [-0.05, 0) is 102 Å². The number of benzene rings is 2. The van der Waals surface area contributed by atoms with Crippen LogP contribution in [0.25, 0.3) is 0 Å². The topological polar surface area (TPSA) is 82.5 Å². The predicted molar refractivity (Wildman–Crippen MR) is 185 cm³/mol. The van der Waals surface area contributed by atoms with Crippen molar-refractivity contribution in [2.24, 2.45) is 5.16 Å². The predicted octanol–water partition coefficient (Wildman–Crippen LogP) is 6.69. The average molecular weight is 636 g/mol. The Kier molecular flexibility index (Phi) is 11.7. The Bertz CT molecular complexity index is 1620. The summed E-state index contributed by atoms with van der Waals surface area (Å²) in [6, 6.07) is 19.8. The van der Waals surface area contributed by atoms with E-state index in [1.807, 2.05) is 87.5 Å². The number of carbonyl (C=O) groups excluding carboxylic acids is 1. The molecule has 0 aliphatic carbocycles. The SMILES string of the molecule is C/C(CCC(=O)OC[C@H]1O[C@H](C#Cc2ccccc2)C=C[C@@H]1Oc1ccc(C)cc1)=N\O[C@H](C)CN1CCCc2nc(C)c(C)cc21. The second-order valence-corrected chi connectivity index (χ2v) is 12.3. The van der Waals surface area contributed by atoms with Gasteiger partial charge in [0.2, 0.25) is 0 Å². The molecule has 4 atom stereocenters. The molecule has 0 bridgehead atoms. The lowest BCUT2D eigenvalue weighted by Gasteiger charge is -2.32. The van der Waals surface area contributed by atoms with Gasteiger partial charge in [0.1, 0.15) is 36.8 Å². The van der Waals surface area contributed by atoms with Gasteiger partial charge < -0.3 is 23.9 Å². The molecule has 0 unspecified atom stereocenters. The van der Waals surface area contributed by atoms with Crippen molar-refractivity contribution in [2.75, 3.05) is 24.6 Å². The molecule has 0 saturated heterocycles. The molecule has 5 rings (SSSR count). The lowest BCUT2D eigenvalue weighted by Crippen LogP contribution is -2.42. The van der Waals surface area contributed by atoms with Crippen LogP contribution in [0.2, 0.25) is 0 Å². The van der Waals surface area contributed by atoms with Crippen LogP contribution in [0.5, 0.6) is 5.75 Å². The van der Waals surface area contributed by atoms with Crippen LogP contribution in [-0.2, 0) is 25.5 Å². The van der Waals surface area contributed by atoms with E-state index in [-0.39, 0.29) is 25.1 Å². The summed E-state index contributed by atoms with van der Waals surface area (Å²) in [7, 11) is 0. The van der Waals surface area contributed by atoms with E-state index < -0.39 is 18.3 Å². The van der Waals surface area contributed by atoms with E-state index in [0.29, 0.717) is 18.7 Å². The third-order valence-corrected chi connectivity index (χ3v) is 8.26. The fraction of sp³-hybridized carbons (Fsp3) is 0.410. The molecule has 3 heterocycles. The number of oxime groups is 1. The van der Waals surface area contributed by atoms with Gasteiger partial charge >= 0.3 is 5.97 Å². The number of nitrogens with zero attached hydrogens (tertiary/aromatic N) is 3. The number of ether oxygens (including phenoxy) is 3. The summed E-state index contributed by atoms with van der Waals surface area (Å²) in [6.07, 6.45) is 4.97. The van der Waals surface area contributed by atoms with Gasteiger partial charge in [-0.15, -0.1) is 0 Å². The Morgan fingerprint density at radius 2 is 1.87 bits per heavy atom. The second-order valence-electron chi connectivity index (χ2n) is 12.3. The molecule has 0 fully saturated rings. The first-order valence-electron chi connectivity index (χ1n) is 16.4. The molecule has 246 valence electrons. The Labute approximate surface area is 278 Å². The smallest absolute Gasteiger partial charge is 0.306 e. The Hall–Kier alpha value is -4.61. The van der Waals surface area contributed by atoms with Gasteiger partial charge in [0, 0.05) is 17.8 Å². The van der Waals surface area contributed by atoms with E-state index in [1.54, 1.807) is 0 Å². The van der Waals surface area contributed by atoms with E-state index in [9.17, 15) is 4.79 Å². The first-order valence-corrected chi connectivity index (χ1v) is 16.4. The van der Waals surface area contributed by atoms with Crippen LogP contribution in [0.4, 0.5) is 5.69 Å². The molecular formula is C39H45N3O5. The molecule has 0 amide bonds. The van der Waals surface area contributed by atoms with Crippen molar-refractivity contribution in [1.29, 1.82) is 0 Å². The quantitative estimate of drug-likeness (QED) is 0.0764. The van der Waals surface area contributed by atoms with Gasteiger partial charge in [0.15, 0.2) is 0 Å². The number of hydrogen-bond donors (Lipinski definition) is 0. The lowest BCUT2D eigenvalue weighted by molar-refractivity contribution is -0.151. The van der Waals surface area contributed by atoms with Crippen molar-refractivity contribution in [3.8, 4) is 17.6 Å². The van der Waals surface area contributed by atoms with Crippen LogP contribution in [0.1, 0.15) is 61.2 Å². The standard InChI is InChI=1S/C39H45N3O5/c1-27-13-17-33(18-14-27)45-37-21-20-34(19-16-32-10-7-6-8-11-32)46-38(37)26-44-39(43)22-15-29(3)41-47-30(4)25-42-23-9-12-35-36(42)24-28(2)31(5)40-35/h6-8,10-11,13-14,17-18,20-21,24,30,34,37-38H,9,12,15,22-23,25-26H2,1-5H3/b41-29+/t30-,34-,37+,38-/m1/s1. The molecule has 0 radical (unpaired) electrons. The van der Waals surface area contributed by atoms with Crippen molar-refractivity contribution < 1.29 is 23.8 Å². The van der Waals surface area contributed by atoms with Gasteiger partial charge in [0.25, 0.3) is 0 Å². The highest BCUT2D eigenvalue weighted by molar-refractivity contribution is 5.85. The number of aromatic nitrogens is 1. The zero-order chi connectivity index (χ0) is 33.2. The highest BCUT2D eigenvalue weighted by Gasteiger charge is 2.30. The molecule has 3 aromatic rings. The minimum absolute atomic E-state index is 0.0398. The maximum atomic E-state index is 12.8. The summed E-state index contributed by atoms with van der Waals surface area (Å²) in [6.45, 7) is 11.8. The van der Waals surface area contributed by atoms with Crippen LogP contribution in [0, 0.1) is 32.6 Å². The highest BCUT2D eigenvalue weighted by atomic mass is 16.6. The molecular weight excluding hydrogens is 590 g/mol. The van der Waals surface area contributed by atoms with E-state index in [2.05, 4.69) is 41.8 Å². The molecule has 2 aliphatic rings. The van der Waals surface area contributed by atoms with Crippen LogP contribution >= 0.6 is 0 Å². The maximum Gasteiger partial charge on any atom is 0.306 e. The summed E-state index contributed by atoms with van der Waals surface area (Å²) in [5.74, 6) is 6.68. The minimum Gasteiger partial charge on any atom is -0.483 e. The molecule has 8 nitrogen and oxygen atoms in total. The van der Waals surface area contributed by atoms with Crippen molar-refractivity contribution in [3.63, 3.8) is 0 Å². The molecule has 2 aromatic carbocycles. The third-order valence-electron chi connectivity index (χ3n) is 8.26. The maximum absolute atomic E-state index is 12.8. The van der Waals surface area contributed by atoms with Crippen LogP contribution in [-0.4, -0.2) is 60.8 Å². The normalized spacial score (nSPS) is 19.6. The van der Waals surface area contributed by atoms with E-state index in [1.165, 1.54) is 11.3 Å². The largest absolute Gasteiger partial charge is 0.483 e. The third kappa shape index (κ3) is 9.94. The van der Waals surface area contributed by atoms with Gasteiger partial charge in [-0.3, -0.25) is 9.78 Å². The Morgan fingerprint density at radius 3 is 2.66 bits per heavy atom. The fourth-order valence-corrected chi connectivity index (χ4v) is 5.47. The van der Waals surface area contributed by atoms with E-state index >= 15 is 0 Å². The zero-order valence-electron chi connectivity index (χ0n) is 28.1. The van der Waals surface area contributed by atoms with Gasteiger partial charge in [-0.2, -0.15) is 0 Å². The number of aryl methyl sites for hydroxylation is 4. The Morgan fingerprint density at radius 1 is 1.09 bits per heavy atom. The molecule has 0 saturated carbocycles. The number of fused-ring (bicyclic) bond motifs is 1. The average Bonchev–Trinajstić information content (AvgIpc) is 3.07. The molecule has 47 heavy (non-hydrogen) atoms. The summed E-state index contributed by atoms with van der Waals surface area (Å²) in [5.41, 5.74) is 7.41. The number of hydrogen-bond acceptors (Lipinski definition) is 8. The molecule has 8 heteroatoms. The molecule has 1 aromatic heterocycles. The van der Waals surface area contributed by atoms with Crippen molar-refractivity contribution in [2.45, 2.75) is 84.7 Å². The molecule has 0 N–H and O–H groups in total. The van der Waals surface area contributed by atoms with Crippen LogP contribution in [0.15, 0.2) is 78.0 Å². The highest BCUT2D eigenvalue weighted by Crippen LogP contribution is 2.28. The number of carbonyl (C=O) groups is 1. The van der Waals surface area contributed by atoms with Crippen LogP contribution in [0.3, 0.4) is 0 Å². The summed E-state index contributed by atoms with van der Waals surface area (Å²) < 4.78 is 18.1. The summed E-state index contributed by atoms with van der Waals surface area (Å²) >= 11 is 0. The monoisotopic (exact) mass is 635 g/mol. The van der Waals surface area contributed by atoms with E-state index in [0.717, 1.165) is 47.6 Å². The number of anilines is 1. The van der Waals surface area contributed by atoms with Crippen LogP contribution < -0.4 is 9.64 Å². The van der Waals surface area contributed by atoms with Gasteiger partial charge in [-0.1, -0.05) is 52.9 Å². The summed E-state index contributed by atoms with van der Waals surface area (Å²) in [5, 5.41) is 4.32. The minimum atomic E-state index is -0.526. The first-order chi connectivity index (χ1) is 22.7. The van der Waals surface area contributed by atoms with Crippen molar-refractivity contribution in [1.82, 2.24) is 4.98 Å². The fourth-order valence-electron chi connectivity index (χ4n) is 5.47. The van der Waals surface area contributed by atoms with Crippen molar-refractivity contribution >= 4 is 17.4 Å². The van der Waals surface area contributed by atoms with Gasteiger partial charge in [-0.25, -0.2) is 0 Å². The number of esters is 1. The zero-order valence-corrected chi connectivity index (χ0v) is 28.1. The Balaban J connectivity index is 1.11. The van der Waals surface area contributed by atoms with E-state index in [4.69, 9.17) is 24.0 Å². The summed E-state index contributed by atoms with van der Waals surface area (Å²) in [4.78, 5) is 25.7. The van der Waals surface area contributed by atoms with Crippen molar-refractivity contribution in [3.05, 3.63) is 101 Å². The first kappa shape index (κ1) is 33.7. The molecule has 2 aliphatic heterocycles. The number of rotatable bonds is 11. The lowest BCUT2D eigenvalue weighted by atomic mass is 10.0.